The molecule has 1 aromatic rings. The van der Waals surface area contributed by atoms with Crippen molar-refractivity contribution in [2.45, 2.75) is 63.8 Å². The number of piperidine rings is 2. The number of unbranched alkanes of at least 4 members (excludes halogenated alkanes) is 2. The highest BCUT2D eigenvalue weighted by Gasteiger charge is 2.40. The van der Waals surface area contributed by atoms with E-state index in [2.05, 4.69) is 32.2 Å². The number of imide groups is 1. The number of rotatable bonds is 9. The summed E-state index contributed by atoms with van der Waals surface area (Å²) in [5, 5.41) is 12.3. The first kappa shape index (κ1) is 23.5. The summed E-state index contributed by atoms with van der Waals surface area (Å²) in [5.74, 6) is -0.168. The van der Waals surface area contributed by atoms with Gasteiger partial charge in [0.05, 0.1) is 11.4 Å². The molecule has 3 amide bonds. The third kappa shape index (κ3) is 5.66. The molecule has 1 unspecified atom stereocenters. The van der Waals surface area contributed by atoms with Crippen LogP contribution in [-0.2, 0) is 20.8 Å². The molecule has 3 saturated heterocycles. The topological polar surface area (TPSA) is 103 Å². The summed E-state index contributed by atoms with van der Waals surface area (Å²) in [6, 6.07) is 5.65. The quantitative estimate of drug-likeness (QED) is 0.337. The van der Waals surface area contributed by atoms with Gasteiger partial charge < -0.3 is 20.9 Å². The normalized spacial score (nSPS) is 22.0. The number of para-hydroxylation sites is 1. The molecule has 180 valence electrons. The Balaban J connectivity index is 1.21. The zero-order chi connectivity index (χ0) is 23.3. The average Bonchev–Trinajstić information content (AvgIpc) is 2.79. The van der Waals surface area contributed by atoms with E-state index in [1.807, 2.05) is 19.2 Å². The van der Waals surface area contributed by atoms with Crippen LogP contribution in [0.15, 0.2) is 18.2 Å². The molecular weight excluding hydrogens is 418 g/mol. The summed E-state index contributed by atoms with van der Waals surface area (Å²) >= 11 is 0. The Kier molecular flexibility index (Phi) is 7.53. The molecule has 8 heteroatoms. The van der Waals surface area contributed by atoms with Gasteiger partial charge in [-0.2, -0.15) is 0 Å². The molecule has 3 heterocycles. The Labute approximate surface area is 196 Å². The Morgan fingerprint density at radius 3 is 2.61 bits per heavy atom. The molecule has 3 aliphatic heterocycles. The molecule has 1 aromatic carbocycles. The van der Waals surface area contributed by atoms with Crippen molar-refractivity contribution in [3.05, 3.63) is 23.8 Å². The van der Waals surface area contributed by atoms with Gasteiger partial charge in [0.15, 0.2) is 0 Å². The first-order valence-corrected chi connectivity index (χ1v) is 12.4. The number of likely N-dealkylation sites (tertiary alicyclic amines) is 1. The van der Waals surface area contributed by atoms with Crippen LogP contribution in [0, 0.1) is 5.41 Å². The lowest BCUT2D eigenvalue weighted by atomic mass is 9.73. The Bertz CT molecular complexity index is 873. The summed E-state index contributed by atoms with van der Waals surface area (Å²) in [6.45, 7) is 4.07. The van der Waals surface area contributed by atoms with E-state index in [-0.39, 0.29) is 11.8 Å². The lowest BCUT2D eigenvalue weighted by molar-refractivity contribution is -0.135. The van der Waals surface area contributed by atoms with Crippen molar-refractivity contribution in [3.63, 3.8) is 0 Å². The molecule has 1 atom stereocenters. The molecule has 0 radical (unpaired) electrons. The maximum absolute atomic E-state index is 12.6. The average molecular weight is 456 g/mol. The number of anilines is 2. The van der Waals surface area contributed by atoms with Gasteiger partial charge >= 0.3 is 0 Å². The number of hydrogen-bond donors (Lipinski definition) is 4. The second-order valence-corrected chi connectivity index (χ2v) is 9.78. The van der Waals surface area contributed by atoms with Gasteiger partial charge in [-0.15, -0.1) is 0 Å². The second-order valence-electron chi connectivity index (χ2n) is 9.78. The van der Waals surface area contributed by atoms with Gasteiger partial charge in [-0.05, 0) is 55.6 Å². The molecule has 3 fully saturated rings. The molecule has 4 N–H and O–H groups in total. The highest BCUT2D eigenvalue weighted by Crippen LogP contribution is 2.35. The predicted molar refractivity (Wildman–Crippen MR) is 129 cm³/mol. The van der Waals surface area contributed by atoms with E-state index < -0.39 is 6.04 Å². The van der Waals surface area contributed by atoms with Crippen molar-refractivity contribution in [3.8, 4) is 0 Å². The first-order valence-electron chi connectivity index (χ1n) is 12.4. The maximum Gasteiger partial charge on any atom is 0.249 e. The van der Waals surface area contributed by atoms with E-state index in [1.54, 1.807) is 0 Å². The van der Waals surface area contributed by atoms with Gasteiger partial charge in [-0.3, -0.25) is 19.7 Å². The molecule has 0 aliphatic carbocycles. The van der Waals surface area contributed by atoms with Crippen molar-refractivity contribution < 1.29 is 14.4 Å². The van der Waals surface area contributed by atoms with E-state index in [1.165, 1.54) is 5.56 Å². The van der Waals surface area contributed by atoms with Crippen molar-refractivity contribution in [1.82, 2.24) is 15.5 Å². The van der Waals surface area contributed by atoms with Gasteiger partial charge in [0.25, 0.3) is 0 Å². The van der Waals surface area contributed by atoms with Crippen LogP contribution in [0.4, 0.5) is 11.4 Å². The number of benzene rings is 1. The molecule has 0 saturated carbocycles. The van der Waals surface area contributed by atoms with Gasteiger partial charge in [0.1, 0.15) is 6.04 Å². The molecule has 4 rings (SSSR count). The second kappa shape index (κ2) is 10.5. The molecule has 33 heavy (non-hydrogen) atoms. The molecule has 0 aromatic heterocycles. The summed E-state index contributed by atoms with van der Waals surface area (Å²) in [6.07, 6.45) is 7.64. The highest BCUT2D eigenvalue weighted by molar-refractivity contribution is 6.01. The molecule has 1 spiro atoms. The molecule has 0 bridgehead atoms. The van der Waals surface area contributed by atoms with Gasteiger partial charge in [-0.25, -0.2) is 0 Å². The smallest absolute Gasteiger partial charge is 0.249 e. The summed E-state index contributed by atoms with van der Waals surface area (Å²) in [4.78, 5) is 38.1. The van der Waals surface area contributed by atoms with Crippen LogP contribution in [0.3, 0.4) is 0 Å². The fourth-order valence-corrected chi connectivity index (χ4v) is 5.23. The number of hydrogen-bond acceptors (Lipinski definition) is 6. The number of amides is 3. The van der Waals surface area contributed by atoms with Gasteiger partial charge in [0.2, 0.25) is 17.7 Å². The van der Waals surface area contributed by atoms with Crippen molar-refractivity contribution in [2.75, 3.05) is 43.9 Å². The monoisotopic (exact) mass is 455 g/mol. The lowest BCUT2D eigenvalue weighted by Gasteiger charge is -2.48. The standard InChI is InChI=1S/C25H37N5O3/c1-26-23-18(7-5-8-19(23)28-20-10-11-21(31)29-24(20)33)6-3-2-4-9-22(32)30-14-12-25(13-15-30)16-27-17-25/h5,7-8,20,26-28H,2-4,6,9-17H2,1H3,(H,29,31,33). The third-order valence-electron chi connectivity index (χ3n) is 7.48. The maximum atomic E-state index is 12.6. The summed E-state index contributed by atoms with van der Waals surface area (Å²) < 4.78 is 0. The van der Waals surface area contributed by atoms with Crippen LogP contribution in [0.2, 0.25) is 0 Å². The summed E-state index contributed by atoms with van der Waals surface area (Å²) in [5.41, 5.74) is 3.54. The van der Waals surface area contributed by atoms with Crippen molar-refractivity contribution in [2.24, 2.45) is 5.41 Å². The minimum atomic E-state index is -0.402. The van der Waals surface area contributed by atoms with E-state index in [0.717, 1.165) is 76.1 Å². The first-order chi connectivity index (χ1) is 16.0. The minimum absolute atomic E-state index is 0.209. The Morgan fingerprint density at radius 2 is 1.94 bits per heavy atom. The number of nitrogens with zero attached hydrogens (tertiary/aromatic N) is 1. The fraction of sp³-hybridized carbons (Fsp3) is 0.640. The third-order valence-corrected chi connectivity index (χ3v) is 7.48. The number of aryl methyl sites for hydroxylation is 1. The lowest BCUT2D eigenvalue weighted by Crippen LogP contribution is -2.58. The zero-order valence-corrected chi connectivity index (χ0v) is 19.7. The summed E-state index contributed by atoms with van der Waals surface area (Å²) in [7, 11) is 1.88. The van der Waals surface area contributed by atoms with Crippen molar-refractivity contribution >= 4 is 29.1 Å². The van der Waals surface area contributed by atoms with Crippen LogP contribution >= 0.6 is 0 Å². The molecule has 3 aliphatic rings. The van der Waals surface area contributed by atoms with E-state index >= 15 is 0 Å². The SMILES string of the molecule is CNc1c(CCCCCC(=O)N2CCC3(CC2)CNC3)cccc1NC1CCC(=O)NC1=O. The van der Waals surface area contributed by atoms with Gasteiger partial charge in [0, 0.05) is 46.1 Å². The van der Waals surface area contributed by atoms with Gasteiger partial charge in [-0.1, -0.05) is 18.6 Å². The van der Waals surface area contributed by atoms with Crippen LogP contribution in [0.25, 0.3) is 0 Å². The Morgan fingerprint density at radius 1 is 1.15 bits per heavy atom. The van der Waals surface area contributed by atoms with Crippen LogP contribution in [-0.4, -0.2) is 61.9 Å². The molecule has 8 nitrogen and oxygen atoms in total. The number of carbonyl (C=O) groups is 3. The largest absolute Gasteiger partial charge is 0.386 e. The van der Waals surface area contributed by atoms with Crippen molar-refractivity contribution in [1.29, 1.82) is 0 Å². The number of carbonyl (C=O) groups excluding carboxylic acids is 3. The van der Waals surface area contributed by atoms with E-state index in [4.69, 9.17) is 0 Å². The van der Waals surface area contributed by atoms with Crippen LogP contribution < -0.4 is 21.3 Å². The fourth-order valence-electron chi connectivity index (χ4n) is 5.23. The zero-order valence-electron chi connectivity index (χ0n) is 19.7. The highest BCUT2D eigenvalue weighted by atomic mass is 16.2. The van der Waals surface area contributed by atoms with E-state index in [9.17, 15) is 14.4 Å². The number of nitrogens with one attached hydrogen (secondary N) is 4. The van der Waals surface area contributed by atoms with E-state index in [0.29, 0.717) is 30.6 Å². The Hall–Kier alpha value is -2.61. The van der Waals surface area contributed by atoms with Crippen LogP contribution in [0.5, 0.6) is 0 Å². The minimum Gasteiger partial charge on any atom is -0.386 e. The van der Waals surface area contributed by atoms with Crippen LogP contribution in [0.1, 0.15) is 56.9 Å². The molecular formula is C25H37N5O3. The predicted octanol–water partition coefficient (Wildman–Crippen LogP) is 2.26.